The van der Waals surface area contributed by atoms with E-state index in [1.807, 2.05) is 11.8 Å². The molecule has 0 bridgehead atoms. The predicted molar refractivity (Wildman–Crippen MR) is 91.8 cm³/mol. The van der Waals surface area contributed by atoms with E-state index in [9.17, 15) is 5.11 Å². The summed E-state index contributed by atoms with van der Waals surface area (Å²) in [6, 6.07) is 10.6. The first-order chi connectivity index (χ1) is 9.77. The number of benzene rings is 1. The van der Waals surface area contributed by atoms with Crippen molar-refractivity contribution in [3.63, 3.8) is 0 Å². The Bertz CT molecular complexity index is 374. The van der Waals surface area contributed by atoms with Crippen LogP contribution in [0.1, 0.15) is 51.4 Å². The number of unbranched alkanes of at least 4 members (excludes halogenated alkanes) is 1. The third-order valence-corrected chi connectivity index (χ3v) is 6.17. The first-order valence-electron chi connectivity index (χ1n) is 7.80. The Kier molecular flexibility index (Phi) is 6.79. The maximum atomic E-state index is 10.8. The van der Waals surface area contributed by atoms with E-state index in [1.165, 1.54) is 24.2 Å². The molecule has 1 N–H and O–H groups in total. The molecule has 0 radical (unpaired) electrons. The summed E-state index contributed by atoms with van der Waals surface area (Å²) < 4.78 is 0.0379. The van der Waals surface area contributed by atoms with Crippen LogP contribution >= 0.6 is 24.4 Å². The van der Waals surface area contributed by atoms with Crippen LogP contribution in [0.25, 0.3) is 0 Å². The van der Waals surface area contributed by atoms with E-state index in [4.69, 9.17) is 0 Å². The van der Waals surface area contributed by atoms with Crippen LogP contribution < -0.4 is 0 Å². The summed E-state index contributed by atoms with van der Waals surface area (Å²) in [4.78, 5) is 1.29. The van der Waals surface area contributed by atoms with Gasteiger partial charge in [0.25, 0.3) is 0 Å². The zero-order valence-corrected chi connectivity index (χ0v) is 13.8. The second-order valence-electron chi connectivity index (χ2n) is 5.78. The average molecular weight is 311 g/mol. The van der Waals surface area contributed by atoms with Gasteiger partial charge in [-0.2, -0.15) is 12.6 Å². The third-order valence-electron chi connectivity index (χ3n) is 4.26. The first-order valence-corrected chi connectivity index (χ1v) is 9.25. The molecule has 0 aromatic heterocycles. The molecular weight excluding hydrogens is 284 g/mol. The van der Waals surface area contributed by atoms with Crippen LogP contribution in [-0.4, -0.2) is 21.7 Å². The summed E-state index contributed by atoms with van der Waals surface area (Å²) >= 11 is 6.17. The number of hydrogen-bond donors (Lipinski definition) is 2. The van der Waals surface area contributed by atoms with Gasteiger partial charge >= 0.3 is 0 Å². The lowest BCUT2D eigenvalue weighted by Crippen LogP contribution is -2.41. The highest BCUT2D eigenvalue weighted by Crippen LogP contribution is 2.47. The van der Waals surface area contributed by atoms with Crippen molar-refractivity contribution in [3.05, 3.63) is 30.3 Å². The summed E-state index contributed by atoms with van der Waals surface area (Å²) in [6.07, 6.45) is 9.04. The van der Waals surface area contributed by atoms with Crippen molar-refractivity contribution in [3.8, 4) is 0 Å². The van der Waals surface area contributed by atoms with Crippen LogP contribution in [0.2, 0.25) is 0 Å². The van der Waals surface area contributed by atoms with Gasteiger partial charge in [-0.15, -0.1) is 11.8 Å². The molecule has 1 aromatic carbocycles. The maximum absolute atomic E-state index is 10.8. The van der Waals surface area contributed by atoms with Gasteiger partial charge in [0.2, 0.25) is 0 Å². The highest BCUT2D eigenvalue weighted by Gasteiger charge is 2.39. The van der Waals surface area contributed by atoms with E-state index in [0.29, 0.717) is 0 Å². The van der Waals surface area contributed by atoms with Crippen LogP contribution in [0.15, 0.2) is 35.2 Å². The molecular formula is C17H26OS2. The summed E-state index contributed by atoms with van der Waals surface area (Å²) in [5.74, 6) is 0.922. The summed E-state index contributed by atoms with van der Waals surface area (Å²) in [7, 11) is 0. The molecule has 20 heavy (non-hydrogen) atoms. The smallest absolute Gasteiger partial charge is 0.0690 e. The lowest BCUT2D eigenvalue weighted by atomic mass is 9.82. The second kappa shape index (κ2) is 8.35. The predicted octanol–water partition coefficient (Wildman–Crippen LogP) is 4.94. The van der Waals surface area contributed by atoms with Crippen molar-refractivity contribution in [2.24, 2.45) is 0 Å². The Balaban J connectivity index is 2.04. The molecule has 1 aliphatic carbocycles. The maximum Gasteiger partial charge on any atom is 0.0690 e. The van der Waals surface area contributed by atoms with E-state index in [1.54, 1.807) is 0 Å². The van der Waals surface area contributed by atoms with Crippen molar-refractivity contribution < 1.29 is 5.11 Å². The van der Waals surface area contributed by atoms with E-state index >= 15 is 0 Å². The van der Waals surface area contributed by atoms with Crippen molar-refractivity contribution in [2.45, 2.75) is 67.1 Å². The Morgan fingerprint density at radius 1 is 1.10 bits per heavy atom. The molecule has 1 saturated carbocycles. The minimum Gasteiger partial charge on any atom is -0.392 e. The van der Waals surface area contributed by atoms with E-state index in [-0.39, 0.29) is 10.9 Å². The molecule has 2 rings (SSSR count). The summed E-state index contributed by atoms with van der Waals surface area (Å²) in [5.41, 5.74) is 0. The van der Waals surface area contributed by atoms with Gasteiger partial charge in [0.05, 0.1) is 6.10 Å². The highest BCUT2D eigenvalue weighted by atomic mass is 32.2. The van der Waals surface area contributed by atoms with Crippen LogP contribution in [0.3, 0.4) is 0 Å². The molecule has 1 unspecified atom stereocenters. The van der Waals surface area contributed by atoms with Crippen molar-refractivity contribution >= 4 is 24.4 Å². The fourth-order valence-electron chi connectivity index (χ4n) is 3.09. The SMILES string of the molecule is OC(CCCCS)C1(Sc2ccccc2)CCCCC1. The van der Waals surface area contributed by atoms with Crippen molar-refractivity contribution in [1.29, 1.82) is 0 Å². The molecule has 0 amide bonds. The van der Waals surface area contributed by atoms with Crippen LogP contribution in [0.4, 0.5) is 0 Å². The number of thioether (sulfide) groups is 1. The highest BCUT2D eigenvalue weighted by molar-refractivity contribution is 8.00. The number of rotatable bonds is 7. The summed E-state index contributed by atoms with van der Waals surface area (Å²) in [5, 5.41) is 10.8. The Labute approximate surface area is 133 Å². The Morgan fingerprint density at radius 2 is 1.80 bits per heavy atom. The lowest BCUT2D eigenvalue weighted by Gasteiger charge is -2.41. The zero-order valence-electron chi connectivity index (χ0n) is 12.1. The minimum atomic E-state index is -0.187. The quantitative estimate of drug-likeness (QED) is 0.549. The zero-order chi connectivity index (χ0) is 14.3. The van der Waals surface area contributed by atoms with Crippen molar-refractivity contribution in [2.75, 3.05) is 5.75 Å². The number of thiol groups is 1. The molecule has 112 valence electrons. The van der Waals surface area contributed by atoms with Crippen LogP contribution in [0, 0.1) is 0 Å². The monoisotopic (exact) mass is 310 g/mol. The average Bonchev–Trinajstić information content (AvgIpc) is 2.49. The number of aliphatic hydroxyl groups is 1. The molecule has 0 heterocycles. The van der Waals surface area contributed by atoms with Gasteiger partial charge in [0.15, 0.2) is 0 Å². The molecule has 1 nitrogen and oxygen atoms in total. The molecule has 3 heteroatoms. The molecule has 0 spiro atoms. The van der Waals surface area contributed by atoms with E-state index in [0.717, 1.165) is 37.9 Å². The topological polar surface area (TPSA) is 20.2 Å². The fraction of sp³-hybridized carbons (Fsp3) is 0.647. The normalized spacial score (nSPS) is 19.7. The molecule has 1 aromatic rings. The Hall–Kier alpha value is -0.120. The standard InChI is InChI=1S/C17H26OS2/c18-16(11-5-8-14-19)17(12-6-2-7-13-17)20-15-9-3-1-4-10-15/h1,3-4,9-10,16,18-19H,2,5-8,11-14H2. The van der Waals surface area contributed by atoms with E-state index in [2.05, 4.69) is 43.0 Å². The van der Waals surface area contributed by atoms with Gasteiger partial charge in [-0.05, 0) is 43.6 Å². The minimum absolute atomic E-state index is 0.0379. The Morgan fingerprint density at radius 3 is 2.45 bits per heavy atom. The third kappa shape index (κ3) is 4.44. The molecule has 0 aliphatic heterocycles. The van der Waals surface area contributed by atoms with Crippen LogP contribution in [0.5, 0.6) is 0 Å². The largest absolute Gasteiger partial charge is 0.392 e. The molecule has 0 saturated heterocycles. The molecule has 1 fully saturated rings. The van der Waals surface area contributed by atoms with Gasteiger partial charge < -0.3 is 5.11 Å². The van der Waals surface area contributed by atoms with Crippen LogP contribution in [-0.2, 0) is 0 Å². The molecule has 1 aliphatic rings. The van der Waals surface area contributed by atoms with Gasteiger partial charge in [0, 0.05) is 9.64 Å². The lowest BCUT2D eigenvalue weighted by molar-refractivity contribution is 0.0963. The molecule has 1 atom stereocenters. The first kappa shape index (κ1) is 16.3. The summed E-state index contributed by atoms with van der Waals surface area (Å²) in [6.45, 7) is 0. The van der Waals surface area contributed by atoms with Gasteiger partial charge in [-0.3, -0.25) is 0 Å². The number of aliphatic hydroxyl groups excluding tert-OH is 1. The van der Waals surface area contributed by atoms with Gasteiger partial charge in [-0.1, -0.05) is 43.9 Å². The van der Waals surface area contributed by atoms with Gasteiger partial charge in [0.1, 0.15) is 0 Å². The fourth-order valence-corrected chi connectivity index (χ4v) is 4.82. The number of hydrogen-bond acceptors (Lipinski definition) is 3. The van der Waals surface area contributed by atoms with Gasteiger partial charge in [-0.25, -0.2) is 0 Å². The van der Waals surface area contributed by atoms with E-state index < -0.39 is 0 Å². The van der Waals surface area contributed by atoms with Crippen molar-refractivity contribution in [1.82, 2.24) is 0 Å². The second-order valence-corrected chi connectivity index (χ2v) is 7.71.